The Morgan fingerprint density at radius 1 is 1.14 bits per heavy atom. The van der Waals surface area contributed by atoms with E-state index in [1.807, 2.05) is 59.2 Å². The second-order valence-electron chi connectivity index (χ2n) is 4.88. The van der Waals surface area contributed by atoms with Crippen molar-refractivity contribution in [2.45, 2.75) is 13.2 Å². The molecule has 0 fully saturated rings. The van der Waals surface area contributed by atoms with Gasteiger partial charge in [0, 0.05) is 7.05 Å². The number of nitrogens with zero attached hydrogens (tertiary/aromatic N) is 2. The topological polar surface area (TPSA) is 56.2 Å². The van der Waals surface area contributed by atoms with Crippen LogP contribution in [0.25, 0.3) is 11.0 Å². The van der Waals surface area contributed by atoms with Crippen LogP contribution in [0.5, 0.6) is 5.75 Å². The Morgan fingerprint density at radius 2 is 1.86 bits per heavy atom. The molecule has 0 unspecified atom stereocenters. The van der Waals surface area contributed by atoms with E-state index in [1.54, 1.807) is 7.05 Å². The number of hydrogen-bond acceptors (Lipinski definition) is 3. The molecule has 1 N–H and O–H groups in total. The van der Waals surface area contributed by atoms with E-state index >= 15 is 0 Å². The number of rotatable bonds is 5. The minimum absolute atomic E-state index is 0.0656. The standard InChI is InChI=1S/C17H17N3O2/c1-18-17(21)11-20-15-10-6-5-9-14(15)19-16(20)12-22-13-7-3-2-4-8-13/h2-10H,11-12H2,1H3,(H,18,21). The Morgan fingerprint density at radius 3 is 2.64 bits per heavy atom. The van der Waals surface area contributed by atoms with Crippen LogP contribution in [0.1, 0.15) is 5.82 Å². The summed E-state index contributed by atoms with van der Waals surface area (Å²) >= 11 is 0. The van der Waals surface area contributed by atoms with Crippen molar-refractivity contribution >= 4 is 16.9 Å². The van der Waals surface area contributed by atoms with Crippen molar-refractivity contribution in [3.8, 4) is 5.75 Å². The Bertz CT molecular complexity index is 781. The zero-order chi connectivity index (χ0) is 15.4. The number of hydrogen-bond donors (Lipinski definition) is 1. The predicted octanol–water partition coefficient (Wildman–Crippen LogP) is 2.36. The fourth-order valence-electron chi connectivity index (χ4n) is 2.30. The zero-order valence-corrected chi connectivity index (χ0v) is 12.3. The molecule has 0 saturated heterocycles. The predicted molar refractivity (Wildman–Crippen MR) is 84.6 cm³/mol. The number of carbonyl (C=O) groups is 1. The Labute approximate surface area is 128 Å². The molecule has 112 valence electrons. The van der Waals surface area contributed by atoms with Gasteiger partial charge in [-0.2, -0.15) is 0 Å². The first-order valence-electron chi connectivity index (χ1n) is 7.10. The number of likely N-dealkylation sites (N-methyl/N-ethyl adjacent to an activating group) is 1. The summed E-state index contributed by atoms with van der Waals surface area (Å²) in [6.45, 7) is 0.542. The number of ether oxygens (including phenoxy) is 1. The first-order chi connectivity index (χ1) is 10.8. The lowest BCUT2D eigenvalue weighted by Gasteiger charge is -2.09. The lowest BCUT2D eigenvalue weighted by atomic mass is 10.3. The highest BCUT2D eigenvalue weighted by molar-refractivity contribution is 5.80. The summed E-state index contributed by atoms with van der Waals surface area (Å²) in [4.78, 5) is 16.3. The van der Waals surface area contributed by atoms with Gasteiger partial charge in [-0.25, -0.2) is 4.98 Å². The van der Waals surface area contributed by atoms with Crippen molar-refractivity contribution in [3.63, 3.8) is 0 Å². The number of amides is 1. The molecule has 5 heteroatoms. The van der Waals surface area contributed by atoms with Crippen molar-refractivity contribution in [1.29, 1.82) is 0 Å². The molecule has 3 rings (SSSR count). The molecule has 2 aromatic carbocycles. The van der Waals surface area contributed by atoms with E-state index in [0.29, 0.717) is 6.61 Å². The smallest absolute Gasteiger partial charge is 0.239 e. The van der Waals surface area contributed by atoms with Crippen LogP contribution in [-0.2, 0) is 17.9 Å². The molecule has 0 aliphatic carbocycles. The number of benzene rings is 2. The van der Waals surface area contributed by atoms with Gasteiger partial charge in [-0.3, -0.25) is 4.79 Å². The minimum atomic E-state index is -0.0656. The molecule has 0 bridgehead atoms. The summed E-state index contributed by atoms with van der Waals surface area (Å²) in [5, 5.41) is 2.64. The summed E-state index contributed by atoms with van der Waals surface area (Å²) in [5.74, 6) is 1.44. The average Bonchev–Trinajstić information content (AvgIpc) is 2.91. The molecule has 5 nitrogen and oxygen atoms in total. The highest BCUT2D eigenvalue weighted by Crippen LogP contribution is 2.18. The van der Waals surface area contributed by atoms with Gasteiger partial charge in [-0.05, 0) is 24.3 Å². The first-order valence-corrected chi connectivity index (χ1v) is 7.10. The maximum Gasteiger partial charge on any atom is 0.239 e. The lowest BCUT2D eigenvalue weighted by molar-refractivity contribution is -0.121. The van der Waals surface area contributed by atoms with Gasteiger partial charge in [0.1, 0.15) is 24.7 Å². The lowest BCUT2D eigenvalue weighted by Crippen LogP contribution is -2.24. The van der Waals surface area contributed by atoms with Crippen molar-refractivity contribution in [2.24, 2.45) is 0 Å². The van der Waals surface area contributed by atoms with E-state index < -0.39 is 0 Å². The largest absolute Gasteiger partial charge is 0.486 e. The summed E-state index contributed by atoms with van der Waals surface area (Å²) in [7, 11) is 1.63. The van der Waals surface area contributed by atoms with E-state index in [1.165, 1.54) is 0 Å². The second kappa shape index (κ2) is 6.30. The average molecular weight is 295 g/mol. The van der Waals surface area contributed by atoms with E-state index in [2.05, 4.69) is 10.3 Å². The molecule has 1 heterocycles. The SMILES string of the molecule is CNC(=O)Cn1c(COc2ccccc2)nc2ccccc21. The van der Waals surface area contributed by atoms with Crippen LogP contribution in [0, 0.1) is 0 Å². The zero-order valence-electron chi connectivity index (χ0n) is 12.3. The Hall–Kier alpha value is -2.82. The summed E-state index contributed by atoms with van der Waals surface area (Å²) < 4.78 is 7.65. The van der Waals surface area contributed by atoms with E-state index in [4.69, 9.17) is 4.74 Å². The van der Waals surface area contributed by atoms with Gasteiger partial charge in [0.25, 0.3) is 0 Å². The number of fused-ring (bicyclic) bond motifs is 1. The third-order valence-electron chi connectivity index (χ3n) is 3.43. The summed E-state index contributed by atoms with van der Waals surface area (Å²) in [5.41, 5.74) is 1.79. The van der Waals surface area contributed by atoms with Crippen molar-refractivity contribution < 1.29 is 9.53 Å². The molecule has 0 radical (unpaired) electrons. The van der Waals surface area contributed by atoms with Crippen LogP contribution in [0.15, 0.2) is 54.6 Å². The van der Waals surface area contributed by atoms with E-state index in [9.17, 15) is 4.79 Å². The van der Waals surface area contributed by atoms with E-state index in [-0.39, 0.29) is 12.5 Å². The van der Waals surface area contributed by atoms with Gasteiger partial charge in [0.05, 0.1) is 11.0 Å². The first kappa shape index (κ1) is 14.1. The highest BCUT2D eigenvalue weighted by atomic mass is 16.5. The molecule has 0 aliphatic rings. The van der Waals surface area contributed by atoms with Crippen molar-refractivity contribution in [2.75, 3.05) is 7.05 Å². The van der Waals surface area contributed by atoms with Crippen LogP contribution in [0.3, 0.4) is 0 Å². The summed E-state index contributed by atoms with van der Waals surface area (Å²) in [6.07, 6.45) is 0. The normalized spacial score (nSPS) is 10.6. The third kappa shape index (κ3) is 2.93. The molecule has 3 aromatic rings. The van der Waals surface area contributed by atoms with Gasteiger partial charge in [-0.1, -0.05) is 30.3 Å². The monoisotopic (exact) mass is 295 g/mol. The van der Waals surface area contributed by atoms with Crippen LogP contribution in [0.4, 0.5) is 0 Å². The number of carbonyl (C=O) groups excluding carboxylic acids is 1. The van der Waals surface area contributed by atoms with Gasteiger partial charge in [0.15, 0.2) is 0 Å². The third-order valence-corrected chi connectivity index (χ3v) is 3.43. The van der Waals surface area contributed by atoms with Crippen LogP contribution in [0.2, 0.25) is 0 Å². The molecule has 22 heavy (non-hydrogen) atoms. The van der Waals surface area contributed by atoms with Crippen molar-refractivity contribution in [1.82, 2.24) is 14.9 Å². The molecule has 0 spiro atoms. The molecule has 0 atom stereocenters. The van der Waals surface area contributed by atoms with Gasteiger partial charge in [-0.15, -0.1) is 0 Å². The van der Waals surface area contributed by atoms with Crippen molar-refractivity contribution in [3.05, 3.63) is 60.4 Å². The summed E-state index contributed by atoms with van der Waals surface area (Å²) in [6, 6.07) is 17.3. The van der Waals surface area contributed by atoms with Crippen LogP contribution in [-0.4, -0.2) is 22.5 Å². The number of imidazole rings is 1. The van der Waals surface area contributed by atoms with E-state index in [0.717, 1.165) is 22.6 Å². The maximum absolute atomic E-state index is 11.7. The van der Waals surface area contributed by atoms with Gasteiger partial charge >= 0.3 is 0 Å². The fourth-order valence-corrected chi connectivity index (χ4v) is 2.30. The maximum atomic E-state index is 11.7. The fraction of sp³-hybridized carbons (Fsp3) is 0.176. The molecular formula is C17H17N3O2. The van der Waals surface area contributed by atoms with Crippen LogP contribution >= 0.6 is 0 Å². The molecule has 0 aliphatic heterocycles. The van der Waals surface area contributed by atoms with Crippen LogP contribution < -0.4 is 10.1 Å². The number of para-hydroxylation sites is 3. The molecule has 0 saturated carbocycles. The Kier molecular flexibility index (Phi) is 4.05. The Balaban J connectivity index is 1.90. The van der Waals surface area contributed by atoms with Gasteiger partial charge in [0.2, 0.25) is 5.91 Å². The molecular weight excluding hydrogens is 278 g/mol. The second-order valence-corrected chi connectivity index (χ2v) is 4.88. The highest BCUT2D eigenvalue weighted by Gasteiger charge is 2.13. The minimum Gasteiger partial charge on any atom is -0.486 e. The number of aromatic nitrogens is 2. The quantitative estimate of drug-likeness (QED) is 0.786. The molecule has 1 amide bonds. The van der Waals surface area contributed by atoms with Gasteiger partial charge < -0.3 is 14.6 Å². The molecule has 1 aromatic heterocycles. The number of nitrogens with one attached hydrogen (secondary N) is 1.